The fraction of sp³-hybridized carbons (Fsp3) is 0.769. The molecule has 0 atom stereocenters. The molecular weight excluding hydrogens is 320 g/mol. The molecule has 11 heteroatoms. The van der Waals surface area contributed by atoms with E-state index in [1.807, 2.05) is 0 Å². The quantitative estimate of drug-likeness (QED) is 0.485. The Balaban J connectivity index is 3.17. The SMILES string of the molecule is COCNc1nc(N(COC)COC)nc(N(COC)COC)n1. The van der Waals surface area contributed by atoms with Crippen LogP contribution in [0, 0.1) is 0 Å². The lowest BCUT2D eigenvalue weighted by molar-refractivity contribution is 0.136. The van der Waals surface area contributed by atoms with Crippen molar-refractivity contribution in [1.29, 1.82) is 0 Å². The van der Waals surface area contributed by atoms with Crippen LogP contribution in [-0.2, 0) is 23.7 Å². The summed E-state index contributed by atoms with van der Waals surface area (Å²) in [4.78, 5) is 16.6. The second-order valence-electron chi connectivity index (χ2n) is 4.62. The molecule has 0 amide bonds. The Hall–Kier alpha value is -1.79. The Kier molecular flexibility index (Phi) is 9.88. The van der Waals surface area contributed by atoms with Crippen LogP contribution in [0.4, 0.5) is 17.8 Å². The van der Waals surface area contributed by atoms with Gasteiger partial charge in [-0.05, 0) is 0 Å². The van der Waals surface area contributed by atoms with E-state index in [9.17, 15) is 0 Å². The van der Waals surface area contributed by atoms with Crippen LogP contribution in [0.2, 0.25) is 0 Å². The molecule has 0 radical (unpaired) electrons. The van der Waals surface area contributed by atoms with Crippen molar-refractivity contribution < 1.29 is 23.7 Å². The molecule has 0 saturated carbocycles. The predicted octanol–water partition coefficient (Wildman–Crippen LogP) is -0.0842. The van der Waals surface area contributed by atoms with Crippen LogP contribution in [0.3, 0.4) is 0 Å². The first-order valence-corrected chi connectivity index (χ1v) is 7.14. The van der Waals surface area contributed by atoms with Crippen LogP contribution in [-0.4, -0.2) is 84.2 Å². The second kappa shape index (κ2) is 11.7. The van der Waals surface area contributed by atoms with Gasteiger partial charge in [0.05, 0.1) is 0 Å². The zero-order valence-electron chi connectivity index (χ0n) is 14.8. The van der Waals surface area contributed by atoms with Crippen molar-refractivity contribution in [3.63, 3.8) is 0 Å². The summed E-state index contributed by atoms with van der Waals surface area (Å²) in [5.41, 5.74) is 0. The van der Waals surface area contributed by atoms with Gasteiger partial charge in [-0.15, -0.1) is 0 Å². The molecule has 0 aliphatic carbocycles. The fourth-order valence-electron chi connectivity index (χ4n) is 1.78. The van der Waals surface area contributed by atoms with E-state index in [1.165, 1.54) is 0 Å². The van der Waals surface area contributed by atoms with Gasteiger partial charge in [0.15, 0.2) is 0 Å². The van der Waals surface area contributed by atoms with Gasteiger partial charge in [-0.2, -0.15) is 15.0 Å². The number of rotatable bonds is 13. The number of nitrogens with zero attached hydrogens (tertiary/aromatic N) is 5. The maximum absolute atomic E-state index is 5.16. The minimum absolute atomic E-state index is 0.256. The maximum Gasteiger partial charge on any atom is 0.235 e. The Labute approximate surface area is 141 Å². The first-order chi connectivity index (χ1) is 11.7. The van der Waals surface area contributed by atoms with Crippen molar-refractivity contribution in [3.8, 4) is 0 Å². The molecule has 24 heavy (non-hydrogen) atoms. The summed E-state index contributed by atoms with van der Waals surface area (Å²) in [5.74, 6) is 1.13. The van der Waals surface area contributed by atoms with Crippen molar-refractivity contribution >= 4 is 17.8 Å². The Morgan fingerprint density at radius 3 is 1.42 bits per heavy atom. The van der Waals surface area contributed by atoms with Crippen LogP contribution in [0.15, 0.2) is 0 Å². The number of aromatic nitrogens is 3. The van der Waals surface area contributed by atoms with E-state index in [2.05, 4.69) is 20.3 Å². The molecule has 0 bridgehead atoms. The molecule has 11 nitrogen and oxygen atoms in total. The first-order valence-electron chi connectivity index (χ1n) is 7.14. The molecule has 0 aliphatic heterocycles. The van der Waals surface area contributed by atoms with Crippen LogP contribution >= 0.6 is 0 Å². The lowest BCUT2D eigenvalue weighted by Gasteiger charge is -2.24. The predicted molar refractivity (Wildman–Crippen MR) is 87.8 cm³/mol. The summed E-state index contributed by atoms with van der Waals surface area (Å²) in [5, 5.41) is 2.95. The smallest absolute Gasteiger partial charge is 0.235 e. The topological polar surface area (TPSA) is 103 Å². The van der Waals surface area contributed by atoms with Gasteiger partial charge in [-0.3, -0.25) is 9.80 Å². The highest BCUT2D eigenvalue weighted by molar-refractivity contribution is 5.44. The van der Waals surface area contributed by atoms with Gasteiger partial charge in [-0.25, -0.2) is 0 Å². The molecule has 0 spiro atoms. The van der Waals surface area contributed by atoms with E-state index in [0.29, 0.717) is 17.8 Å². The van der Waals surface area contributed by atoms with Crippen LogP contribution < -0.4 is 15.1 Å². The molecule has 0 unspecified atom stereocenters. The van der Waals surface area contributed by atoms with E-state index < -0.39 is 0 Å². The summed E-state index contributed by atoms with van der Waals surface area (Å²) in [7, 11) is 7.89. The lowest BCUT2D eigenvalue weighted by Crippen LogP contribution is -2.33. The minimum atomic E-state index is 0.256. The summed E-state index contributed by atoms with van der Waals surface area (Å²) < 4.78 is 25.7. The maximum atomic E-state index is 5.16. The molecule has 1 N–H and O–H groups in total. The van der Waals surface area contributed by atoms with Gasteiger partial charge in [0.25, 0.3) is 0 Å². The van der Waals surface area contributed by atoms with Crippen molar-refractivity contribution in [2.75, 3.05) is 84.3 Å². The number of nitrogens with one attached hydrogen (secondary N) is 1. The molecule has 138 valence electrons. The third kappa shape index (κ3) is 6.37. The Morgan fingerprint density at radius 1 is 0.667 bits per heavy atom. The number of anilines is 3. The van der Waals surface area contributed by atoms with Gasteiger partial charge in [0, 0.05) is 35.5 Å². The monoisotopic (exact) mass is 346 g/mol. The van der Waals surface area contributed by atoms with Crippen molar-refractivity contribution in [1.82, 2.24) is 15.0 Å². The standard InChI is InChI=1S/C13H26N6O5/c1-20-6-14-11-15-12(18(7-21-2)8-22-3)17-13(16-11)19(9-23-4)10-24-5/h6-10H2,1-5H3,(H,14,15,16,17). The molecule has 0 aliphatic rings. The lowest BCUT2D eigenvalue weighted by atomic mass is 10.7. The first kappa shape index (κ1) is 20.3. The zero-order chi connectivity index (χ0) is 17.8. The number of hydrogen-bond donors (Lipinski definition) is 1. The highest BCUT2D eigenvalue weighted by atomic mass is 16.5. The molecule has 0 aromatic carbocycles. The highest BCUT2D eigenvalue weighted by Gasteiger charge is 2.17. The molecule has 1 heterocycles. The van der Waals surface area contributed by atoms with Gasteiger partial charge >= 0.3 is 0 Å². The van der Waals surface area contributed by atoms with E-state index in [1.54, 1.807) is 45.3 Å². The molecule has 0 fully saturated rings. The zero-order valence-corrected chi connectivity index (χ0v) is 14.8. The number of hydrogen-bond acceptors (Lipinski definition) is 11. The van der Waals surface area contributed by atoms with Gasteiger partial charge in [0.1, 0.15) is 33.7 Å². The molecule has 1 rings (SSSR count). The van der Waals surface area contributed by atoms with Crippen molar-refractivity contribution in [2.24, 2.45) is 0 Å². The molecule has 1 aromatic heterocycles. The van der Waals surface area contributed by atoms with Crippen molar-refractivity contribution in [3.05, 3.63) is 0 Å². The normalized spacial score (nSPS) is 10.7. The average Bonchev–Trinajstić information content (AvgIpc) is 2.59. The number of methoxy groups -OCH3 is 5. The van der Waals surface area contributed by atoms with Crippen molar-refractivity contribution in [2.45, 2.75) is 0 Å². The second-order valence-corrected chi connectivity index (χ2v) is 4.62. The summed E-state index contributed by atoms with van der Waals surface area (Å²) in [6, 6.07) is 0. The minimum Gasteiger partial charge on any atom is -0.364 e. The average molecular weight is 346 g/mol. The third-order valence-electron chi connectivity index (χ3n) is 2.69. The van der Waals surface area contributed by atoms with Gasteiger partial charge < -0.3 is 29.0 Å². The summed E-state index contributed by atoms with van der Waals surface area (Å²) in [6.07, 6.45) is 0. The van der Waals surface area contributed by atoms with E-state index >= 15 is 0 Å². The van der Waals surface area contributed by atoms with E-state index in [4.69, 9.17) is 23.7 Å². The largest absolute Gasteiger partial charge is 0.364 e. The fourth-order valence-corrected chi connectivity index (χ4v) is 1.78. The third-order valence-corrected chi connectivity index (χ3v) is 2.69. The number of ether oxygens (including phenoxy) is 5. The molecule has 0 saturated heterocycles. The summed E-state index contributed by atoms with van der Waals surface area (Å²) >= 11 is 0. The Bertz CT molecular complexity index is 420. The summed E-state index contributed by atoms with van der Waals surface area (Å²) in [6.45, 7) is 1.29. The molecule has 1 aromatic rings. The van der Waals surface area contributed by atoms with E-state index in [0.717, 1.165) is 0 Å². The van der Waals surface area contributed by atoms with Gasteiger partial charge in [-0.1, -0.05) is 0 Å². The molecular formula is C13H26N6O5. The van der Waals surface area contributed by atoms with Crippen LogP contribution in [0.25, 0.3) is 0 Å². The van der Waals surface area contributed by atoms with E-state index in [-0.39, 0.29) is 33.7 Å². The Morgan fingerprint density at radius 2 is 1.08 bits per heavy atom. The van der Waals surface area contributed by atoms with Crippen LogP contribution in [0.5, 0.6) is 0 Å². The van der Waals surface area contributed by atoms with Crippen LogP contribution in [0.1, 0.15) is 0 Å². The van der Waals surface area contributed by atoms with Gasteiger partial charge in [0.2, 0.25) is 17.8 Å². The highest BCUT2D eigenvalue weighted by Crippen LogP contribution is 2.17.